The van der Waals surface area contributed by atoms with Crippen molar-refractivity contribution in [2.75, 3.05) is 6.61 Å². The molecule has 0 aliphatic carbocycles. The first-order chi connectivity index (χ1) is 8.84. The normalized spacial score (nSPS) is 12.1. The fourth-order valence-corrected chi connectivity index (χ4v) is 1.16. The summed E-state index contributed by atoms with van der Waals surface area (Å²) >= 11 is 0. The molecule has 0 saturated heterocycles. The summed E-state index contributed by atoms with van der Waals surface area (Å²) in [7, 11) is 0. The van der Waals surface area contributed by atoms with Crippen molar-refractivity contribution < 1.29 is 32.5 Å². The van der Waals surface area contributed by atoms with Gasteiger partial charge in [-0.25, -0.2) is 4.79 Å². The summed E-state index contributed by atoms with van der Waals surface area (Å²) in [6, 6.07) is 5.11. The standard InChI is InChI=1S/C12H11F3O4/c1-2-18-10(12(13,14)15)7-19-9-5-3-4-8(6-9)11(16)17/h3-7H,2H2,1H3,(H,16,17)/b10-7-. The summed E-state index contributed by atoms with van der Waals surface area (Å²) in [6.45, 7) is 1.24. The number of alkyl halides is 3. The molecule has 1 rings (SSSR count). The van der Waals surface area contributed by atoms with Gasteiger partial charge in [0.15, 0.2) is 0 Å². The second-order valence-electron chi connectivity index (χ2n) is 3.36. The predicted molar refractivity (Wildman–Crippen MR) is 59.8 cm³/mol. The lowest BCUT2D eigenvalue weighted by Crippen LogP contribution is -2.15. The van der Waals surface area contributed by atoms with E-state index in [-0.39, 0.29) is 17.9 Å². The molecule has 1 aromatic carbocycles. The molecule has 0 radical (unpaired) electrons. The minimum atomic E-state index is -4.67. The first kappa shape index (κ1) is 14.9. The van der Waals surface area contributed by atoms with Crippen LogP contribution in [0.3, 0.4) is 0 Å². The third kappa shape index (κ3) is 4.53. The molecule has 19 heavy (non-hydrogen) atoms. The van der Waals surface area contributed by atoms with Gasteiger partial charge in [-0.05, 0) is 25.1 Å². The maximum absolute atomic E-state index is 12.4. The van der Waals surface area contributed by atoms with Gasteiger partial charge < -0.3 is 14.6 Å². The topological polar surface area (TPSA) is 55.8 Å². The lowest BCUT2D eigenvalue weighted by atomic mass is 10.2. The molecule has 0 bridgehead atoms. The Labute approximate surface area is 107 Å². The van der Waals surface area contributed by atoms with Crippen molar-refractivity contribution in [3.63, 3.8) is 0 Å². The van der Waals surface area contributed by atoms with Crippen molar-refractivity contribution in [1.29, 1.82) is 0 Å². The van der Waals surface area contributed by atoms with Crippen molar-refractivity contribution in [3.05, 3.63) is 41.9 Å². The maximum atomic E-state index is 12.4. The quantitative estimate of drug-likeness (QED) is 0.839. The molecule has 1 aromatic rings. The van der Waals surface area contributed by atoms with Gasteiger partial charge in [-0.2, -0.15) is 13.2 Å². The van der Waals surface area contributed by atoms with Crippen LogP contribution in [0.25, 0.3) is 0 Å². The molecular weight excluding hydrogens is 265 g/mol. The number of benzene rings is 1. The van der Waals surface area contributed by atoms with E-state index in [1.54, 1.807) is 0 Å². The number of hydrogen-bond donors (Lipinski definition) is 1. The minimum Gasteiger partial charge on any atom is -0.487 e. The molecule has 0 fully saturated rings. The Balaban J connectivity index is 2.89. The Bertz CT molecular complexity index is 480. The Morgan fingerprint density at radius 3 is 2.63 bits per heavy atom. The van der Waals surface area contributed by atoms with E-state index in [1.165, 1.54) is 25.1 Å². The molecule has 0 heterocycles. The largest absolute Gasteiger partial charge is 0.487 e. The van der Waals surface area contributed by atoms with Crippen LogP contribution in [-0.4, -0.2) is 23.9 Å². The monoisotopic (exact) mass is 276 g/mol. The summed E-state index contributed by atoms with van der Waals surface area (Å²) in [5, 5.41) is 8.72. The molecule has 0 amide bonds. The summed E-state index contributed by atoms with van der Waals surface area (Å²) in [5.74, 6) is -2.51. The molecule has 0 spiro atoms. The van der Waals surface area contributed by atoms with E-state index in [0.717, 1.165) is 6.07 Å². The zero-order chi connectivity index (χ0) is 14.5. The van der Waals surface area contributed by atoms with Crippen LogP contribution in [-0.2, 0) is 4.74 Å². The van der Waals surface area contributed by atoms with E-state index in [9.17, 15) is 18.0 Å². The van der Waals surface area contributed by atoms with Crippen molar-refractivity contribution in [3.8, 4) is 5.75 Å². The average molecular weight is 276 g/mol. The third-order valence-corrected chi connectivity index (χ3v) is 1.96. The van der Waals surface area contributed by atoms with Gasteiger partial charge in [0.05, 0.1) is 12.2 Å². The lowest BCUT2D eigenvalue weighted by molar-refractivity contribution is -0.132. The average Bonchev–Trinajstić information content (AvgIpc) is 2.33. The lowest BCUT2D eigenvalue weighted by Gasteiger charge is -2.11. The van der Waals surface area contributed by atoms with Crippen LogP contribution < -0.4 is 4.74 Å². The summed E-state index contributed by atoms with van der Waals surface area (Å²) in [6.07, 6.45) is -4.26. The molecule has 0 atom stereocenters. The summed E-state index contributed by atoms with van der Waals surface area (Å²) in [4.78, 5) is 10.7. The van der Waals surface area contributed by atoms with Crippen LogP contribution in [0.2, 0.25) is 0 Å². The van der Waals surface area contributed by atoms with Gasteiger partial charge in [0, 0.05) is 0 Å². The minimum absolute atomic E-state index is 0.0265. The van der Waals surface area contributed by atoms with Crippen molar-refractivity contribution >= 4 is 5.97 Å². The predicted octanol–water partition coefficient (Wildman–Crippen LogP) is 3.20. The molecule has 0 aliphatic rings. The smallest absolute Gasteiger partial charge is 0.452 e. The Kier molecular flexibility index (Phi) is 4.80. The van der Waals surface area contributed by atoms with E-state index in [0.29, 0.717) is 6.26 Å². The van der Waals surface area contributed by atoms with Crippen LogP contribution in [0, 0.1) is 0 Å². The number of ether oxygens (including phenoxy) is 2. The second kappa shape index (κ2) is 6.12. The number of halogens is 3. The zero-order valence-corrected chi connectivity index (χ0v) is 9.90. The van der Waals surface area contributed by atoms with Crippen LogP contribution in [0.15, 0.2) is 36.3 Å². The molecule has 0 aromatic heterocycles. The highest BCUT2D eigenvalue weighted by Gasteiger charge is 2.36. The fourth-order valence-electron chi connectivity index (χ4n) is 1.16. The zero-order valence-electron chi connectivity index (χ0n) is 9.90. The first-order valence-electron chi connectivity index (χ1n) is 5.24. The highest BCUT2D eigenvalue weighted by Crippen LogP contribution is 2.27. The van der Waals surface area contributed by atoms with Crippen LogP contribution in [0.4, 0.5) is 13.2 Å². The van der Waals surface area contributed by atoms with Crippen molar-refractivity contribution in [1.82, 2.24) is 0 Å². The number of carboxylic acid groups (broad SMARTS) is 1. The first-order valence-corrected chi connectivity index (χ1v) is 5.24. The van der Waals surface area contributed by atoms with Crippen LogP contribution in [0.1, 0.15) is 17.3 Å². The molecule has 7 heteroatoms. The number of rotatable bonds is 5. The van der Waals surface area contributed by atoms with E-state index >= 15 is 0 Å². The van der Waals surface area contributed by atoms with E-state index in [2.05, 4.69) is 4.74 Å². The molecule has 0 unspecified atom stereocenters. The highest BCUT2D eigenvalue weighted by atomic mass is 19.4. The number of carboxylic acids is 1. The molecule has 0 aliphatic heterocycles. The van der Waals surface area contributed by atoms with Crippen LogP contribution in [0.5, 0.6) is 5.75 Å². The van der Waals surface area contributed by atoms with Gasteiger partial charge in [0.1, 0.15) is 12.0 Å². The Hall–Kier alpha value is -2.18. The van der Waals surface area contributed by atoms with Gasteiger partial charge in [-0.15, -0.1) is 0 Å². The molecular formula is C12H11F3O4. The second-order valence-corrected chi connectivity index (χ2v) is 3.36. The van der Waals surface area contributed by atoms with Crippen molar-refractivity contribution in [2.24, 2.45) is 0 Å². The highest BCUT2D eigenvalue weighted by molar-refractivity contribution is 5.88. The summed E-state index contributed by atoms with van der Waals surface area (Å²) < 4.78 is 46.5. The number of hydrogen-bond acceptors (Lipinski definition) is 3. The van der Waals surface area contributed by atoms with E-state index in [1.807, 2.05) is 0 Å². The molecule has 0 saturated carbocycles. The SMILES string of the molecule is CCO/C(=C\Oc1cccc(C(=O)O)c1)C(F)(F)F. The third-order valence-electron chi connectivity index (χ3n) is 1.96. The fraction of sp³-hybridized carbons (Fsp3) is 0.250. The molecule has 4 nitrogen and oxygen atoms in total. The van der Waals surface area contributed by atoms with Gasteiger partial charge in [-0.3, -0.25) is 0 Å². The Morgan fingerprint density at radius 1 is 1.42 bits per heavy atom. The van der Waals surface area contributed by atoms with E-state index < -0.39 is 17.9 Å². The van der Waals surface area contributed by atoms with E-state index in [4.69, 9.17) is 9.84 Å². The van der Waals surface area contributed by atoms with Gasteiger partial charge in [-0.1, -0.05) is 6.07 Å². The van der Waals surface area contributed by atoms with Gasteiger partial charge >= 0.3 is 12.1 Å². The summed E-state index contributed by atoms with van der Waals surface area (Å²) in [5.41, 5.74) is -0.0872. The number of allylic oxidation sites excluding steroid dienone is 1. The van der Waals surface area contributed by atoms with Crippen molar-refractivity contribution in [2.45, 2.75) is 13.1 Å². The maximum Gasteiger partial charge on any atom is 0.452 e. The van der Waals surface area contributed by atoms with Crippen LogP contribution >= 0.6 is 0 Å². The Morgan fingerprint density at radius 2 is 2.11 bits per heavy atom. The van der Waals surface area contributed by atoms with Gasteiger partial charge in [0.25, 0.3) is 0 Å². The number of aromatic carboxylic acids is 1. The van der Waals surface area contributed by atoms with Gasteiger partial charge in [0.2, 0.25) is 5.76 Å². The number of carbonyl (C=O) groups is 1. The molecule has 1 N–H and O–H groups in total. The molecule has 104 valence electrons.